The molecular formula is C15H21NO7. The van der Waals surface area contributed by atoms with Crippen LogP contribution < -0.4 is 14.8 Å². The number of nitrogens with one attached hydrogen (secondary N) is 1. The highest BCUT2D eigenvalue weighted by Crippen LogP contribution is 2.25. The van der Waals surface area contributed by atoms with Crippen LogP contribution in [-0.4, -0.2) is 65.6 Å². The number of ether oxygens (including phenoxy) is 3. The molecule has 0 saturated carbocycles. The van der Waals surface area contributed by atoms with Crippen molar-refractivity contribution in [3.05, 3.63) is 24.3 Å². The predicted octanol–water partition coefficient (Wildman–Crippen LogP) is -0.982. The van der Waals surface area contributed by atoms with Crippen LogP contribution >= 0.6 is 0 Å². The van der Waals surface area contributed by atoms with Gasteiger partial charge < -0.3 is 34.8 Å². The molecule has 1 aromatic rings. The van der Waals surface area contributed by atoms with Crippen molar-refractivity contribution in [3.63, 3.8) is 0 Å². The van der Waals surface area contributed by atoms with Crippen LogP contribution in [0.4, 0.5) is 0 Å². The predicted molar refractivity (Wildman–Crippen MR) is 79.0 cm³/mol. The maximum atomic E-state index is 11.3. The molecule has 2 rings (SSSR count). The number of aliphatic hydroxyl groups excluding tert-OH is 3. The lowest BCUT2D eigenvalue weighted by Gasteiger charge is -2.42. The average Bonchev–Trinajstić information content (AvgIpc) is 2.54. The van der Waals surface area contributed by atoms with Crippen LogP contribution in [0.15, 0.2) is 24.3 Å². The van der Waals surface area contributed by atoms with Crippen molar-refractivity contribution in [1.82, 2.24) is 5.32 Å². The zero-order chi connectivity index (χ0) is 17.0. The Hall–Kier alpha value is -1.87. The van der Waals surface area contributed by atoms with Crippen molar-refractivity contribution in [1.29, 1.82) is 0 Å². The normalized spacial score (nSPS) is 30.6. The molecule has 1 aliphatic heterocycles. The van der Waals surface area contributed by atoms with Crippen molar-refractivity contribution in [2.75, 3.05) is 13.7 Å². The Morgan fingerprint density at radius 3 is 2.35 bits per heavy atom. The van der Waals surface area contributed by atoms with Gasteiger partial charge in [-0.3, -0.25) is 4.79 Å². The number of benzene rings is 1. The molecule has 1 amide bonds. The van der Waals surface area contributed by atoms with E-state index < -0.39 is 43.2 Å². The first kappa shape index (κ1) is 17.5. The third-order valence-electron chi connectivity index (χ3n) is 3.56. The van der Waals surface area contributed by atoms with Crippen molar-refractivity contribution in [3.8, 4) is 11.5 Å². The summed E-state index contributed by atoms with van der Waals surface area (Å²) < 4.78 is 16.2. The van der Waals surface area contributed by atoms with E-state index in [9.17, 15) is 20.1 Å². The topological polar surface area (TPSA) is 117 Å². The molecule has 1 heterocycles. The highest BCUT2D eigenvalue weighted by atomic mass is 16.7. The molecule has 8 heteroatoms. The Bertz CT molecular complexity index is 521. The first-order valence-corrected chi connectivity index (χ1v) is 7.16. The van der Waals surface area contributed by atoms with Gasteiger partial charge in [-0.05, 0) is 24.3 Å². The number of carbonyl (C=O) groups excluding carboxylic acids is 1. The summed E-state index contributed by atoms with van der Waals surface area (Å²) in [7, 11) is 1.54. The van der Waals surface area contributed by atoms with E-state index in [2.05, 4.69) is 5.32 Å². The lowest BCUT2D eigenvalue weighted by molar-refractivity contribution is -0.244. The van der Waals surface area contributed by atoms with Gasteiger partial charge in [-0.2, -0.15) is 0 Å². The Morgan fingerprint density at radius 2 is 1.83 bits per heavy atom. The van der Waals surface area contributed by atoms with Crippen LogP contribution in [0.3, 0.4) is 0 Å². The minimum Gasteiger partial charge on any atom is -0.497 e. The Morgan fingerprint density at radius 1 is 1.22 bits per heavy atom. The zero-order valence-electron chi connectivity index (χ0n) is 12.9. The third-order valence-corrected chi connectivity index (χ3v) is 3.56. The van der Waals surface area contributed by atoms with Crippen LogP contribution in [0.2, 0.25) is 0 Å². The molecule has 1 aromatic carbocycles. The standard InChI is InChI=1S/C15H21NO7/c1-8(18)16-12-14(20)13(19)11(7-17)23-15(12)22-10-5-3-9(21-2)4-6-10/h3-6,11-15,17,19-20H,7H2,1-2H3,(H,16,18)/t11-,12-,13-,14+,15-/m0/s1. The molecule has 1 aliphatic rings. The molecule has 0 unspecified atom stereocenters. The molecule has 0 aliphatic carbocycles. The van der Waals surface area contributed by atoms with E-state index in [1.54, 1.807) is 24.3 Å². The molecule has 0 radical (unpaired) electrons. The second kappa shape index (κ2) is 7.60. The lowest BCUT2D eigenvalue weighted by atomic mass is 9.97. The maximum Gasteiger partial charge on any atom is 0.223 e. The second-order valence-corrected chi connectivity index (χ2v) is 5.23. The number of hydrogen-bond acceptors (Lipinski definition) is 7. The fourth-order valence-corrected chi connectivity index (χ4v) is 2.36. The van der Waals surface area contributed by atoms with E-state index in [1.165, 1.54) is 14.0 Å². The van der Waals surface area contributed by atoms with E-state index >= 15 is 0 Å². The van der Waals surface area contributed by atoms with Crippen molar-refractivity contribution in [2.45, 2.75) is 37.6 Å². The molecule has 5 atom stereocenters. The van der Waals surface area contributed by atoms with E-state index in [0.29, 0.717) is 11.5 Å². The van der Waals surface area contributed by atoms with Crippen molar-refractivity contribution >= 4 is 5.91 Å². The first-order chi connectivity index (χ1) is 11.0. The van der Waals surface area contributed by atoms with Gasteiger partial charge in [0.15, 0.2) is 0 Å². The molecular weight excluding hydrogens is 306 g/mol. The summed E-state index contributed by atoms with van der Waals surface area (Å²) in [6.45, 7) is 0.787. The monoisotopic (exact) mass is 327 g/mol. The van der Waals surface area contributed by atoms with Crippen LogP contribution in [0, 0.1) is 0 Å². The highest BCUT2D eigenvalue weighted by molar-refractivity contribution is 5.73. The Kier molecular flexibility index (Phi) is 5.78. The Balaban J connectivity index is 2.17. The summed E-state index contributed by atoms with van der Waals surface area (Å²) in [4.78, 5) is 11.3. The van der Waals surface area contributed by atoms with Gasteiger partial charge in [-0.25, -0.2) is 0 Å². The van der Waals surface area contributed by atoms with Crippen LogP contribution in [0.1, 0.15) is 6.92 Å². The number of amides is 1. The van der Waals surface area contributed by atoms with E-state index in [0.717, 1.165) is 0 Å². The molecule has 23 heavy (non-hydrogen) atoms. The van der Waals surface area contributed by atoms with Crippen LogP contribution in [-0.2, 0) is 9.53 Å². The SMILES string of the molecule is COc1ccc(O[C@H]2O[C@@H](CO)[C@H](O)[C@H](O)[C@@H]2NC(C)=O)cc1. The first-order valence-electron chi connectivity index (χ1n) is 7.16. The quantitative estimate of drug-likeness (QED) is 0.549. The van der Waals surface area contributed by atoms with Gasteiger partial charge in [0.1, 0.15) is 35.9 Å². The summed E-state index contributed by atoms with van der Waals surface area (Å²) in [5, 5.41) is 31.8. The van der Waals surface area contributed by atoms with Gasteiger partial charge in [0.05, 0.1) is 13.7 Å². The molecule has 0 aromatic heterocycles. The minimum atomic E-state index is -1.34. The van der Waals surface area contributed by atoms with E-state index in [1.807, 2.05) is 0 Å². The number of aliphatic hydroxyl groups is 3. The summed E-state index contributed by atoms with van der Waals surface area (Å²) in [6, 6.07) is 5.66. The zero-order valence-corrected chi connectivity index (χ0v) is 12.9. The van der Waals surface area contributed by atoms with E-state index in [4.69, 9.17) is 14.2 Å². The molecule has 8 nitrogen and oxygen atoms in total. The maximum absolute atomic E-state index is 11.3. The molecule has 0 spiro atoms. The molecule has 1 saturated heterocycles. The summed E-state index contributed by atoms with van der Waals surface area (Å²) in [6.07, 6.45) is -4.76. The number of rotatable bonds is 5. The van der Waals surface area contributed by atoms with Gasteiger partial charge >= 0.3 is 0 Å². The molecule has 0 bridgehead atoms. The largest absolute Gasteiger partial charge is 0.497 e. The number of methoxy groups -OCH3 is 1. The lowest BCUT2D eigenvalue weighted by Crippen LogP contribution is -2.65. The van der Waals surface area contributed by atoms with Gasteiger partial charge in [-0.1, -0.05) is 0 Å². The average molecular weight is 327 g/mol. The summed E-state index contributed by atoms with van der Waals surface area (Å²) >= 11 is 0. The number of hydrogen-bond donors (Lipinski definition) is 4. The van der Waals surface area contributed by atoms with Crippen molar-refractivity contribution in [2.24, 2.45) is 0 Å². The van der Waals surface area contributed by atoms with Gasteiger partial charge in [-0.15, -0.1) is 0 Å². The Labute approximate surface area is 133 Å². The fraction of sp³-hybridized carbons (Fsp3) is 0.533. The van der Waals surface area contributed by atoms with Crippen molar-refractivity contribution < 1.29 is 34.3 Å². The van der Waals surface area contributed by atoms with E-state index in [-0.39, 0.29) is 0 Å². The fourth-order valence-electron chi connectivity index (χ4n) is 2.36. The van der Waals surface area contributed by atoms with Gasteiger partial charge in [0, 0.05) is 6.92 Å². The smallest absolute Gasteiger partial charge is 0.223 e. The molecule has 4 N–H and O–H groups in total. The second-order valence-electron chi connectivity index (χ2n) is 5.23. The van der Waals surface area contributed by atoms with Gasteiger partial charge in [0.2, 0.25) is 12.2 Å². The minimum absolute atomic E-state index is 0.407. The third kappa shape index (κ3) is 4.11. The van der Waals surface area contributed by atoms with Gasteiger partial charge in [0.25, 0.3) is 0 Å². The number of carbonyl (C=O) groups is 1. The molecule has 1 fully saturated rings. The highest BCUT2D eigenvalue weighted by Gasteiger charge is 2.46. The summed E-state index contributed by atoms with van der Waals surface area (Å²) in [5.74, 6) is 0.658. The molecule has 128 valence electrons. The van der Waals surface area contributed by atoms with Crippen LogP contribution in [0.25, 0.3) is 0 Å². The van der Waals surface area contributed by atoms with Crippen LogP contribution in [0.5, 0.6) is 11.5 Å². The summed E-state index contributed by atoms with van der Waals surface area (Å²) in [5.41, 5.74) is 0.